The van der Waals surface area contributed by atoms with E-state index in [2.05, 4.69) is 52.0 Å². The number of aryl methyl sites for hydroxylation is 1. The molecular weight excluding hydrogens is 390 g/mol. The lowest BCUT2D eigenvalue weighted by Gasteiger charge is -2.42. The van der Waals surface area contributed by atoms with Gasteiger partial charge in [-0.15, -0.1) is 0 Å². The van der Waals surface area contributed by atoms with E-state index in [-0.39, 0.29) is 11.4 Å². The van der Waals surface area contributed by atoms with Gasteiger partial charge in [0.05, 0.1) is 12.6 Å². The molecule has 2 aromatic rings. The summed E-state index contributed by atoms with van der Waals surface area (Å²) in [4.78, 5) is 15.6. The summed E-state index contributed by atoms with van der Waals surface area (Å²) in [5, 5.41) is 0. The van der Waals surface area contributed by atoms with Crippen LogP contribution >= 0.6 is 15.9 Å². The second-order valence-electron chi connectivity index (χ2n) is 7.48. The van der Waals surface area contributed by atoms with Crippen LogP contribution in [0.2, 0.25) is 0 Å². The number of nitrogens with zero attached hydrogens (tertiary/aromatic N) is 1. The van der Waals surface area contributed by atoms with E-state index in [1.165, 1.54) is 24.8 Å². The Bertz CT molecular complexity index is 838. The molecule has 1 heterocycles. The quantitative estimate of drug-likeness (QED) is 0.656. The van der Waals surface area contributed by atoms with Gasteiger partial charge in [0.15, 0.2) is 0 Å². The largest absolute Gasteiger partial charge is 0.497 e. The van der Waals surface area contributed by atoms with Crippen LogP contribution in [-0.4, -0.2) is 17.9 Å². The number of halogens is 1. The zero-order chi connectivity index (χ0) is 18.3. The van der Waals surface area contributed by atoms with Crippen molar-refractivity contribution in [3.8, 4) is 5.75 Å². The van der Waals surface area contributed by atoms with Gasteiger partial charge in [0, 0.05) is 16.6 Å². The first kappa shape index (κ1) is 17.6. The zero-order valence-electron chi connectivity index (χ0n) is 15.3. The third kappa shape index (κ3) is 2.75. The highest BCUT2D eigenvalue weighted by Gasteiger charge is 2.50. The average molecular weight is 414 g/mol. The minimum atomic E-state index is -0.154. The molecule has 1 aliphatic heterocycles. The van der Waals surface area contributed by atoms with Crippen LogP contribution in [0.5, 0.6) is 5.75 Å². The lowest BCUT2D eigenvalue weighted by Crippen LogP contribution is -2.44. The molecule has 2 aliphatic rings. The molecule has 0 aromatic heterocycles. The summed E-state index contributed by atoms with van der Waals surface area (Å²) in [6, 6.07) is 12.3. The zero-order valence-corrected chi connectivity index (χ0v) is 16.9. The van der Waals surface area contributed by atoms with Gasteiger partial charge in [0.1, 0.15) is 5.75 Å². The van der Waals surface area contributed by atoms with Crippen LogP contribution in [0, 0.1) is 6.92 Å². The third-order valence-electron chi connectivity index (χ3n) is 5.96. The molecule has 1 spiro atoms. The summed E-state index contributed by atoms with van der Waals surface area (Å²) in [5.74, 6) is 1.03. The van der Waals surface area contributed by atoms with Crippen molar-refractivity contribution >= 4 is 21.8 Å². The van der Waals surface area contributed by atoms with E-state index in [0.717, 1.165) is 39.8 Å². The maximum atomic E-state index is 13.4. The van der Waals surface area contributed by atoms with Gasteiger partial charge in [-0.3, -0.25) is 4.79 Å². The number of ether oxygens (including phenoxy) is 1. The average Bonchev–Trinajstić information content (AvgIpc) is 2.86. The van der Waals surface area contributed by atoms with Gasteiger partial charge >= 0.3 is 0 Å². The lowest BCUT2D eigenvalue weighted by atomic mass is 9.76. The number of carbonyl (C=O) groups excluding carboxylic acids is 1. The van der Waals surface area contributed by atoms with Crippen LogP contribution in [0.3, 0.4) is 0 Å². The number of fused-ring (bicyclic) bond motifs is 2. The molecule has 0 radical (unpaired) electrons. The topological polar surface area (TPSA) is 29.5 Å². The molecule has 1 saturated carbocycles. The van der Waals surface area contributed by atoms with Crippen molar-refractivity contribution in [2.45, 2.75) is 51.1 Å². The lowest BCUT2D eigenvalue weighted by molar-refractivity contribution is 0.0386. The smallest absolute Gasteiger partial charge is 0.255 e. The summed E-state index contributed by atoms with van der Waals surface area (Å²) in [6.07, 6.45) is 5.72. The molecule has 1 aliphatic carbocycles. The Kier molecular flexibility index (Phi) is 4.55. The predicted octanol–water partition coefficient (Wildman–Crippen LogP) is 5.58. The molecule has 3 nitrogen and oxygen atoms in total. The van der Waals surface area contributed by atoms with E-state index in [0.29, 0.717) is 6.54 Å². The second kappa shape index (κ2) is 6.73. The molecule has 1 amide bonds. The summed E-state index contributed by atoms with van der Waals surface area (Å²) < 4.78 is 6.33. The van der Waals surface area contributed by atoms with E-state index < -0.39 is 0 Å². The van der Waals surface area contributed by atoms with E-state index in [9.17, 15) is 4.79 Å². The van der Waals surface area contributed by atoms with E-state index in [1.54, 1.807) is 7.11 Å². The molecule has 2 aromatic carbocycles. The summed E-state index contributed by atoms with van der Waals surface area (Å²) in [7, 11) is 1.67. The maximum Gasteiger partial charge on any atom is 0.255 e. The molecule has 1 fully saturated rings. The van der Waals surface area contributed by atoms with Gasteiger partial charge in [-0.2, -0.15) is 0 Å². The van der Waals surface area contributed by atoms with Gasteiger partial charge < -0.3 is 9.64 Å². The van der Waals surface area contributed by atoms with Crippen molar-refractivity contribution in [1.82, 2.24) is 4.90 Å². The molecule has 26 heavy (non-hydrogen) atoms. The predicted molar refractivity (Wildman–Crippen MR) is 107 cm³/mol. The molecule has 0 unspecified atom stereocenters. The van der Waals surface area contributed by atoms with Gasteiger partial charge in [-0.05, 0) is 60.7 Å². The number of amides is 1. The number of methoxy groups -OCH3 is 1. The summed E-state index contributed by atoms with van der Waals surface area (Å²) >= 11 is 3.64. The SMILES string of the molecule is COc1ccc(CN2C(=O)c3c(C)cc(Br)cc3C23CCCCC3)cc1. The molecule has 4 rings (SSSR count). The van der Waals surface area contributed by atoms with Crippen molar-refractivity contribution in [2.24, 2.45) is 0 Å². The van der Waals surface area contributed by atoms with Crippen LogP contribution in [-0.2, 0) is 12.1 Å². The maximum absolute atomic E-state index is 13.4. The Morgan fingerprint density at radius 2 is 1.81 bits per heavy atom. The number of rotatable bonds is 3. The standard InChI is InChI=1S/C22H24BrNO2/c1-15-12-17(23)13-19-20(15)21(25)24(22(19)10-4-3-5-11-22)14-16-6-8-18(26-2)9-7-16/h6-9,12-13H,3-5,10-11,14H2,1-2H3. The molecule has 4 heteroatoms. The first-order valence-electron chi connectivity index (χ1n) is 9.31. The van der Waals surface area contributed by atoms with E-state index in [1.807, 2.05) is 12.1 Å². The highest BCUT2D eigenvalue weighted by Crippen LogP contribution is 2.50. The molecule has 0 saturated heterocycles. The van der Waals surface area contributed by atoms with Crippen molar-refractivity contribution in [3.05, 3.63) is 63.1 Å². The first-order valence-corrected chi connectivity index (χ1v) is 10.1. The van der Waals surface area contributed by atoms with Crippen molar-refractivity contribution < 1.29 is 9.53 Å². The Hall–Kier alpha value is -1.81. The van der Waals surface area contributed by atoms with Gasteiger partial charge in [-0.1, -0.05) is 47.3 Å². The van der Waals surface area contributed by atoms with Crippen LogP contribution < -0.4 is 4.74 Å². The molecule has 0 N–H and O–H groups in total. The molecule has 0 atom stereocenters. The van der Waals surface area contributed by atoms with Crippen LogP contribution in [0.15, 0.2) is 40.9 Å². The summed E-state index contributed by atoms with van der Waals surface area (Å²) in [6.45, 7) is 2.70. The van der Waals surface area contributed by atoms with Gasteiger partial charge in [0.2, 0.25) is 0 Å². The number of hydrogen-bond donors (Lipinski definition) is 0. The Balaban J connectivity index is 1.77. The fraction of sp³-hybridized carbons (Fsp3) is 0.409. The summed E-state index contributed by atoms with van der Waals surface area (Å²) in [5.41, 5.74) is 4.21. The molecule has 136 valence electrons. The van der Waals surface area contributed by atoms with Crippen molar-refractivity contribution in [3.63, 3.8) is 0 Å². The monoisotopic (exact) mass is 413 g/mol. The third-order valence-corrected chi connectivity index (χ3v) is 6.42. The molecule has 0 bridgehead atoms. The van der Waals surface area contributed by atoms with E-state index in [4.69, 9.17) is 4.74 Å². The Morgan fingerprint density at radius 1 is 1.12 bits per heavy atom. The van der Waals surface area contributed by atoms with Crippen LogP contribution in [0.4, 0.5) is 0 Å². The Labute approximate surface area is 163 Å². The minimum Gasteiger partial charge on any atom is -0.497 e. The number of carbonyl (C=O) groups is 1. The van der Waals surface area contributed by atoms with E-state index >= 15 is 0 Å². The van der Waals surface area contributed by atoms with Crippen molar-refractivity contribution in [1.29, 1.82) is 0 Å². The second-order valence-corrected chi connectivity index (χ2v) is 8.39. The van der Waals surface area contributed by atoms with Crippen molar-refractivity contribution in [2.75, 3.05) is 7.11 Å². The minimum absolute atomic E-state index is 0.154. The van der Waals surface area contributed by atoms with Gasteiger partial charge in [-0.25, -0.2) is 0 Å². The normalized spacial score (nSPS) is 18.3. The highest BCUT2D eigenvalue weighted by molar-refractivity contribution is 9.10. The highest BCUT2D eigenvalue weighted by atomic mass is 79.9. The van der Waals surface area contributed by atoms with Gasteiger partial charge in [0.25, 0.3) is 5.91 Å². The van der Waals surface area contributed by atoms with Crippen LogP contribution in [0.25, 0.3) is 0 Å². The number of benzene rings is 2. The first-order chi connectivity index (χ1) is 12.5. The Morgan fingerprint density at radius 3 is 2.46 bits per heavy atom. The fourth-order valence-electron chi connectivity index (χ4n) is 4.68. The number of hydrogen-bond acceptors (Lipinski definition) is 2. The molecular formula is C22H24BrNO2. The fourth-order valence-corrected chi connectivity index (χ4v) is 5.25. The van der Waals surface area contributed by atoms with Crippen LogP contribution in [0.1, 0.15) is 59.2 Å².